The molecule has 0 spiro atoms. The van der Waals surface area contributed by atoms with Gasteiger partial charge in [0.2, 0.25) is 5.91 Å². The van der Waals surface area contributed by atoms with Gasteiger partial charge in [0.05, 0.1) is 17.4 Å². The zero-order valence-electron chi connectivity index (χ0n) is 17.9. The summed E-state index contributed by atoms with van der Waals surface area (Å²) in [6.45, 7) is 2.22. The smallest absolute Gasteiger partial charge is 0.307 e. The summed E-state index contributed by atoms with van der Waals surface area (Å²) in [4.78, 5) is 39.6. The minimum absolute atomic E-state index is 0.0310. The van der Waals surface area contributed by atoms with E-state index in [4.69, 9.17) is 0 Å². The summed E-state index contributed by atoms with van der Waals surface area (Å²) >= 11 is 1.51. The Labute approximate surface area is 186 Å². The van der Waals surface area contributed by atoms with E-state index in [1.165, 1.54) is 16.2 Å². The fourth-order valence-electron chi connectivity index (χ4n) is 6.12. The van der Waals surface area contributed by atoms with E-state index >= 15 is 0 Å². The number of hydrogen-bond acceptors (Lipinski definition) is 4. The summed E-state index contributed by atoms with van der Waals surface area (Å²) in [5.41, 5.74) is 1.70. The SMILES string of the molecule is C[C@@H]1CCc2c(sc(NC(=O)[C@@H]3[C@H](C(=O)O)[C@H]4C=C[C@H]3C4)c2C(=O)NC2CCCC2)C1. The van der Waals surface area contributed by atoms with E-state index in [0.29, 0.717) is 16.5 Å². The molecule has 0 aromatic carbocycles. The number of carbonyl (C=O) groups excluding carboxylic acids is 2. The van der Waals surface area contributed by atoms with Crippen LogP contribution in [0, 0.1) is 29.6 Å². The van der Waals surface area contributed by atoms with Gasteiger partial charge in [0.25, 0.3) is 5.91 Å². The molecular weight excluding hydrogens is 412 g/mol. The van der Waals surface area contributed by atoms with Crippen LogP contribution in [0.5, 0.6) is 0 Å². The van der Waals surface area contributed by atoms with Crippen molar-refractivity contribution in [3.05, 3.63) is 28.2 Å². The number of fused-ring (bicyclic) bond motifs is 3. The first kappa shape index (κ1) is 20.7. The minimum atomic E-state index is -0.907. The zero-order chi connectivity index (χ0) is 21.7. The Kier molecular flexibility index (Phi) is 5.40. The molecule has 166 valence electrons. The van der Waals surface area contributed by atoms with Gasteiger partial charge in [-0.3, -0.25) is 14.4 Å². The Balaban J connectivity index is 1.43. The number of nitrogens with one attached hydrogen (secondary N) is 2. The number of aliphatic carboxylic acids is 1. The third-order valence-electron chi connectivity index (χ3n) is 7.71. The number of allylic oxidation sites excluding steroid dienone is 2. The van der Waals surface area contributed by atoms with Crippen molar-refractivity contribution >= 4 is 34.1 Å². The summed E-state index contributed by atoms with van der Waals surface area (Å²) < 4.78 is 0. The van der Waals surface area contributed by atoms with Crippen LogP contribution in [0.4, 0.5) is 5.00 Å². The Bertz CT molecular complexity index is 946. The second kappa shape index (κ2) is 8.08. The Morgan fingerprint density at radius 3 is 2.48 bits per heavy atom. The highest BCUT2D eigenvalue weighted by Gasteiger charge is 2.51. The van der Waals surface area contributed by atoms with Crippen LogP contribution in [0.1, 0.15) is 66.2 Å². The first-order valence-electron chi connectivity index (χ1n) is 11.6. The molecule has 5 rings (SSSR count). The standard InChI is InChI=1S/C24H30N2O4S/c1-12-6-9-16-17(10-12)31-23(20(16)22(28)25-15-4-2-3-5-15)26-21(27)18-13-7-8-14(11-13)19(18)24(29)30/h7-8,12-15,18-19H,2-6,9-11H2,1H3,(H,25,28)(H,26,27)(H,29,30)/t12-,13+,14+,18+,19-/m1/s1. The Morgan fingerprint density at radius 1 is 1.06 bits per heavy atom. The van der Waals surface area contributed by atoms with Crippen LogP contribution in [-0.2, 0) is 22.4 Å². The lowest BCUT2D eigenvalue weighted by Crippen LogP contribution is -2.37. The van der Waals surface area contributed by atoms with Gasteiger partial charge in [0.15, 0.2) is 0 Å². The lowest BCUT2D eigenvalue weighted by Gasteiger charge is -2.24. The Hall–Kier alpha value is -2.15. The fourth-order valence-corrected chi connectivity index (χ4v) is 7.53. The van der Waals surface area contributed by atoms with Crippen LogP contribution >= 0.6 is 11.3 Å². The Morgan fingerprint density at radius 2 is 1.77 bits per heavy atom. The number of thiophene rings is 1. The molecule has 5 atom stereocenters. The van der Waals surface area contributed by atoms with E-state index in [2.05, 4.69) is 17.6 Å². The molecule has 7 heteroatoms. The van der Waals surface area contributed by atoms with Gasteiger partial charge in [0, 0.05) is 10.9 Å². The first-order valence-corrected chi connectivity index (χ1v) is 12.4. The number of rotatable bonds is 5. The van der Waals surface area contributed by atoms with Crippen molar-refractivity contribution in [2.75, 3.05) is 5.32 Å². The maximum atomic E-state index is 13.3. The molecule has 0 radical (unpaired) electrons. The molecule has 3 N–H and O–H groups in total. The molecule has 1 heterocycles. The van der Waals surface area contributed by atoms with Crippen molar-refractivity contribution in [1.29, 1.82) is 0 Å². The minimum Gasteiger partial charge on any atom is -0.481 e. The van der Waals surface area contributed by atoms with E-state index < -0.39 is 17.8 Å². The zero-order valence-corrected chi connectivity index (χ0v) is 18.7. The van der Waals surface area contributed by atoms with Crippen molar-refractivity contribution < 1.29 is 19.5 Å². The molecule has 0 saturated heterocycles. The van der Waals surface area contributed by atoms with Gasteiger partial charge < -0.3 is 15.7 Å². The van der Waals surface area contributed by atoms with Gasteiger partial charge in [-0.05, 0) is 61.8 Å². The second-order valence-corrected chi connectivity index (χ2v) is 10.9. The highest BCUT2D eigenvalue weighted by molar-refractivity contribution is 7.17. The molecule has 4 aliphatic rings. The van der Waals surface area contributed by atoms with Gasteiger partial charge in [-0.1, -0.05) is 31.9 Å². The summed E-state index contributed by atoms with van der Waals surface area (Å²) in [6, 6.07) is 0.209. The third-order valence-corrected chi connectivity index (χ3v) is 8.88. The maximum Gasteiger partial charge on any atom is 0.307 e. The van der Waals surface area contributed by atoms with Crippen LogP contribution in [0.25, 0.3) is 0 Å². The quantitative estimate of drug-likeness (QED) is 0.601. The number of carboxylic acids is 1. The third kappa shape index (κ3) is 3.71. The summed E-state index contributed by atoms with van der Waals surface area (Å²) in [5, 5.41) is 16.5. The van der Waals surface area contributed by atoms with Crippen LogP contribution in [0.3, 0.4) is 0 Å². The number of hydrogen-bond donors (Lipinski definition) is 3. The van der Waals surface area contributed by atoms with Crippen molar-refractivity contribution in [1.82, 2.24) is 5.32 Å². The van der Waals surface area contributed by atoms with Crippen molar-refractivity contribution in [2.24, 2.45) is 29.6 Å². The van der Waals surface area contributed by atoms with E-state index in [1.54, 1.807) is 0 Å². The lowest BCUT2D eigenvalue weighted by atomic mass is 9.82. The van der Waals surface area contributed by atoms with Crippen molar-refractivity contribution in [2.45, 2.75) is 64.3 Å². The van der Waals surface area contributed by atoms with Crippen molar-refractivity contribution in [3.63, 3.8) is 0 Å². The molecule has 0 unspecified atom stereocenters. The monoisotopic (exact) mass is 442 g/mol. The largest absolute Gasteiger partial charge is 0.481 e. The molecule has 0 aliphatic heterocycles. The van der Waals surface area contributed by atoms with Crippen molar-refractivity contribution in [3.8, 4) is 0 Å². The highest BCUT2D eigenvalue weighted by Crippen LogP contribution is 2.49. The number of anilines is 1. The van der Waals surface area contributed by atoms with E-state index in [9.17, 15) is 19.5 Å². The molecule has 6 nitrogen and oxygen atoms in total. The number of carbonyl (C=O) groups is 3. The first-order chi connectivity index (χ1) is 14.9. The lowest BCUT2D eigenvalue weighted by molar-refractivity contribution is -0.146. The summed E-state index contributed by atoms with van der Waals surface area (Å²) in [6.07, 6.45) is 11.8. The molecular formula is C24H30N2O4S. The number of amides is 2. The summed E-state index contributed by atoms with van der Waals surface area (Å²) in [7, 11) is 0. The van der Waals surface area contributed by atoms with Gasteiger partial charge >= 0.3 is 5.97 Å². The molecule has 2 bridgehead atoms. The average Bonchev–Trinajstić information content (AvgIpc) is 3.50. The van der Waals surface area contributed by atoms with Crippen LogP contribution in [0.2, 0.25) is 0 Å². The molecule has 4 aliphatic carbocycles. The predicted molar refractivity (Wildman–Crippen MR) is 119 cm³/mol. The fraction of sp³-hybridized carbons (Fsp3) is 0.625. The van der Waals surface area contributed by atoms with Gasteiger partial charge in [-0.2, -0.15) is 0 Å². The molecule has 1 aromatic rings. The average molecular weight is 443 g/mol. The topological polar surface area (TPSA) is 95.5 Å². The molecule has 2 amide bonds. The molecule has 2 saturated carbocycles. The highest BCUT2D eigenvalue weighted by atomic mass is 32.1. The molecule has 1 aromatic heterocycles. The normalized spacial score (nSPS) is 31.6. The van der Waals surface area contributed by atoms with Gasteiger partial charge in [0.1, 0.15) is 5.00 Å². The van der Waals surface area contributed by atoms with E-state index in [1.807, 2.05) is 12.2 Å². The van der Waals surface area contributed by atoms with Crippen LogP contribution < -0.4 is 10.6 Å². The maximum absolute atomic E-state index is 13.3. The molecule has 31 heavy (non-hydrogen) atoms. The van der Waals surface area contributed by atoms with Gasteiger partial charge in [-0.25, -0.2) is 0 Å². The van der Waals surface area contributed by atoms with Gasteiger partial charge in [-0.15, -0.1) is 11.3 Å². The van der Waals surface area contributed by atoms with E-state index in [-0.39, 0.29) is 29.7 Å². The van der Waals surface area contributed by atoms with Crippen LogP contribution in [0.15, 0.2) is 12.2 Å². The summed E-state index contributed by atoms with van der Waals surface area (Å²) in [5.74, 6) is -2.04. The predicted octanol–water partition coefficient (Wildman–Crippen LogP) is 4.01. The molecule has 2 fully saturated rings. The van der Waals surface area contributed by atoms with E-state index in [0.717, 1.165) is 56.9 Å². The number of carboxylic acid groups (broad SMARTS) is 1. The second-order valence-electron chi connectivity index (χ2n) is 9.84. The van der Waals surface area contributed by atoms with Crippen LogP contribution in [-0.4, -0.2) is 28.9 Å².